The number of amides is 1. The molecule has 0 bridgehead atoms. The van der Waals surface area contributed by atoms with Crippen LogP contribution in [-0.2, 0) is 4.74 Å². The van der Waals surface area contributed by atoms with E-state index in [-0.39, 0.29) is 18.2 Å². The van der Waals surface area contributed by atoms with Crippen LogP contribution in [0.5, 0.6) is 0 Å². The molecule has 0 aliphatic heterocycles. The number of rotatable bonds is 2. The maximum atomic E-state index is 12.1. The number of hydrogen-bond acceptors (Lipinski definition) is 4. The van der Waals surface area contributed by atoms with Crippen molar-refractivity contribution in [3.63, 3.8) is 0 Å². The van der Waals surface area contributed by atoms with Gasteiger partial charge in [0.2, 0.25) is 0 Å². The average molecular weight is 375 g/mol. The Morgan fingerprint density at radius 2 is 2.19 bits per heavy atom. The molecule has 1 amide bonds. The number of hydrogen-bond donors (Lipinski definition) is 1. The number of fused-ring (bicyclic) bond motifs is 1. The van der Waals surface area contributed by atoms with Crippen molar-refractivity contribution in [1.82, 2.24) is 14.9 Å². The highest BCUT2D eigenvalue weighted by Crippen LogP contribution is 2.34. The normalized spacial score (nSPS) is 20.6. The van der Waals surface area contributed by atoms with Crippen molar-refractivity contribution >= 4 is 28.7 Å². The molecule has 1 aliphatic carbocycles. The third-order valence-corrected chi connectivity index (χ3v) is 4.80. The first-order valence-electron chi connectivity index (χ1n) is 8.82. The summed E-state index contributed by atoms with van der Waals surface area (Å²) < 4.78 is 7.43. The van der Waals surface area contributed by atoms with Crippen LogP contribution in [0.2, 0.25) is 5.02 Å². The molecule has 1 fully saturated rings. The summed E-state index contributed by atoms with van der Waals surface area (Å²) in [5.74, 6) is 0. The second-order valence-electron chi connectivity index (χ2n) is 7.75. The van der Waals surface area contributed by atoms with Gasteiger partial charge in [-0.1, -0.05) is 11.6 Å². The topological polar surface area (TPSA) is 79.9 Å². The largest absolute Gasteiger partial charge is 0.444 e. The summed E-state index contributed by atoms with van der Waals surface area (Å²) in [6.45, 7) is 5.56. The van der Waals surface area contributed by atoms with Crippen molar-refractivity contribution in [3.05, 3.63) is 29.0 Å². The van der Waals surface area contributed by atoms with Gasteiger partial charge >= 0.3 is 6.09 Å². The van der Waals surface area contributed by atoms with Crippen molar-refractivity contribution in [1.29, 1.82) is 5.26 Å². The SMILES string of the molecule is CC(C)(C)OC(=O)N[C@@H]1CCC[C@H](n2cnc3cc(C#N)cc(Cl)c32)C1. The second kappa shape index (κ2) is 7.16. The zero-order valence-corrected chi connectivity index (χ0v) is 16.0. The molecule has 1 saturated carbocycles. The van der Waals surface area contributed by atoms with Crippen LogP contribution in [0, 0.1) is 11.3 Å². The number of carbonyl (C=O) groups is 1. The Morgan fingerprint density at radius 1 is 1.42 bits per heavy atom. The lowest BCUT2D eigenvalue weighted by atomic mass is 9.91. The quantitative estimate of drug-likeness (QED) is 0.834. The van der Waals surface area contributed by atoms with E-state index in [2.05, 4.69) is 20.9 Å². The molecule has 1 aromatic carbocycles. The minimum atomic E-state index is -0.509. The maximum Gasteiger partial charge on any atom is 0.407 e. The number of carbonyl (C=O) groups excluding carboxylic acids is 1. The number of alkyl carbamates (subject to hydrolysis) is 1. The standard InChI is InChI=1S/C19H23ClN4O2/c1-19(2,3)26-18(25)23-13-5-4-6-14(9-13)24-11-22-16-8-12(10-21)7-15(20)17(16)24/h7-8,11,13-14H,4-6,9H2,1-3H3,(H,23,25)/t13-,14+/m1/s1. The fraction of sp³-hybridized carbons (Fsp3) is 0.526. The highest BCUT2D eigenvalue weighted by Gasteiger charge is 2.27. The summed E-state index contributed by atoms with van der Waals surface area (Å²) in [5, 5.41) is 12.6. The fourth-order valence-corrected chi connectivity index (χ4v) is 3.80. The molecular weight excluding hydrogens is 352 g/mol. The third kappa shape index (κ3) is 4.10. The Hall–Kier alpha value is -2.26. The molecule has 6 nitrogen and oxygen atoms in total. The van der Waals surface area contributed by atoms with Gasteiger partial charge < -0.3 is 14.6 Å². The lowest BCUT2D eigenvalue weighted by Gasteiger charge is -2.31. The van der Waals surface area contributed by atoms with E-state index in [1.54, 1.807) is 18.5 Å². The molecule has 0 unspecified atom stereocenters. The molecule has 2 atom stereocenters. The molecule has 3 rings (SSSR count). The van der Waals surface area contributed by atoms with E-state index in [9.17, 15) is 4.79 Å². The van der Waals surface area contributed by atoms with Gasteiger partial charge in [0.1, 0.15) is 5.60 Å². The number of benzene rings is 1. The van der Waals surface area contributed by atoms with Gasteiger partial charge in [0, 0.05) is 12.1 Å². The Morgan fingerprint density at radius 3 is 2.88 bits per heavy atom. The summed E-state index contributed by atoms with van der Waals surface area (Å²) in [5.41, 5.74) is 1.55. The van der Waals surface area contributed by atoms with Gasteiger partial charge in [0.05, 0.1) is 34.0 Å². The van der Waals surface area contributed by atoms with E-state index in [0.29, 0.717) is 10.6 Å². The first kappa shape index (κ1) is 18.5. The van der Waals surface area contributed by atoms with E-state index in [1.165, 1.54) is 0 Å². The summed E-state index contributed by atoms with van der Waals surface area (Å²) in [7, 11) is 0. The molecule has 0 spiro atoms. The van der Waals surface area contributed by atoms with Gasteiger partial charge in [-0.25, -0.2) is 9.78 Å². The summed E-state index contributed by atoms with van der Waals surface area (Å²) in [6, 6.07) is 5.76. The molecule has 1 N–H and O–H groups in total. The van der Waals surface area contributed by atoms with Crippen molar-refractivity contribution in [2.75, 3.05) is 0 Å². The van der Waals surface area contributed by atoms with Gasteiger partial charge in [0.25, 0.3) is 0 Å². The van der Waals surface area contributed by atoms with E-state index in [0.717, 1.165) is 36.7 Å². The van der Waals surface area contributed by atoms with Crippen LogP contribution < -0.4 is 5.32 Å². The van der Waals surface area contributed by atoms with Crippen LogP contribution >= 0.6 is 11.6 Å². The van der Waals surface area contributed by atoms with Crippen molar-refractivity contribution in [2.45, 2.75) is 64.1 Å². The predicted molar refractivity (Wildman–Crippen MR) is 100 cm³/mol. The van der Waals surface area contributed by atoms with Gasteiger partial charge in [-0.05, 0) is 58.6 Å². The van der Waals surface area contributed by atoms with Crippen molar-refractivity contribution in [2.24, 2.45) is 0 Å². The van der Waals surface area contributed by atoms with Crippen LogP contribution in [0.25, 0.3) is 11.0 Å². The second-order valence-corrected chi connectivity index (χ2v) is 8.16. The number of aromatic nitrogens is 2. The molecule has 1 heterocycles. The van der Waals surface area contributed by atoms with E-state index >= 15 is 0 Å². The Labute approximate surface area is 158 Å². The number of nitriles is 1. The van der Waals surface area contributed by atoms with Crippen LogP contribution in [0.3, 0.4) is 0 Å². The third-order valence-electron chi connectivity index (χ3n) is 4.51. The van der Waals surface area contributed by atoms with Gasteiger partial charge in [-0.3, -0.25) is 0 Å². The molecule has 0 radical (unpaired) electrons. The summed E-state index contributed by atoms with van der Waals surface area (Å²) in [4.78, 5) is 16.5. The fourth-order valence-electron chi connectivity index (χ4n) is 3.48. The van der Waals surface area contributed by atoms with Gasteiger partial charge in [-0.15, -0.1) is 0 Å². The first-order valence-corrected chi connectivity index (χ1v) is 9.20. The van der Waals surface area contributed by atoms with Gasteiger partial charge in [0.15, 0.2) is 0 Å². The van der Waals surface area contributed by atoms with E-state index < -0.39 is 5.60 Å². The first-order chi connectivity index (χ1) is 12.3. The molecule has 26 heavy (non-hydrogen) atoms. The van der Waals surface area contributed by atoms with E-state index in [1.807, 2.05) is 20.8 Å². The van der Waals surface area contributed by atoms with Crippen molar-refractivity contribution < 1.29 is 9.53 Å². The van der Waals surface area contributed by atoms with Crippen LogP contribution in [0.1, 0.15) is 58.1 Å². The lowest BCUT2D eigenvalue weighted by molar-refractivity contribution is 0.0486. The predicted octanol–water partition coefficient (Wildman–Crippen LogP) is 4.57. The smallest absolute Gasteiger partial charge is 0.407 e. The number of ether oxygens (including phenoxy) is 1. The minimum Gasteiger partial charge on any atom is -0.444 e. The Kier molecular flexibility index (Phi) is 5.10. The zero-order chi connectivity index (χ0) is 18.9. The molecule has 0 saturated heterocycles. The number of nitrogens with zero attached hydrogens (tertiary/aromatic N) is 3. The highest BCUT2D eigenvalue weighted by atomic mass is 35.5. The average Bonchev–Trinajstić information content (AvgIpc) is 2.97. The minimum absolute atomic E-state index is 0.0539. The lowest BCUT2D eigenvalue weighted by Crippen LogP contribution is -2.41. The van der Waals surface area contributed by atoms with Crippen LogP contribution in [-0.4, -0.2) is 27.3 Å². The van der Waals surface area contributed by atoms with Crippen molar-refractivity contribution in [3.8, 4) is 6.07 Å². The molecule has 2 aromatic rings. The molecule has 1 aromatic heterocycles. The monoisotopic (exact) mass is 374 g/mol. The molecule has 1 aliphatic rings. The number of nitrogens with one attached hydrogen (secondary N) is 1. The van der Waals surface area contributed by atoms with Crippen LogP contribution in [0.4, 0.5) is 4.79 Å². The maximum absolute atomic E-state index is 12.1. The zero-order valence-electron chi connectivity index (χ0n) is 15.3. The number of halogens is 1. The Bertz CT molecular complexity index is 863. The van der Waals surface area contributed by atoms with Gasteiger partial charge in [-0.2, -0.15) is 5.26 Å². The van der Waals surface area contributed by atoms with Crippen LogP contribution in [0.15, 0.2) is 18.5 Å². The molecule has 138 valence electrons. The Balaban J connectivity index is 1.77. The van der Waals surface area contributed by atoms with E-state index in [4.69, 9.17) is 21.6 Å². The number of imidazole rings is 1. The summed E-state index contributed by atoms with van der Waals surface area (Å²) >= 11 is 6.40. The molecule has 7 heteroatoms. The molecular formula is C19H23ClN4O2. The highest BCUT2D eigenvalue weighted by molar-refractivity contribution is 6.35. The summed E-state index contributed by atoms with van der Waals surface area (Å²) in [6.07, 6.45) is 5.11.